The minimum atomic E-state index is -1.35. The average Bonchev–Trinajstić information content (AvgIpc) is 3.24. The number of carbonyl (C=O) groups excluding carboxylic acids is 1. The van der Waals surface area contributed by atoms with Gasteiger partial charge in [0.15, 0.2) is 0 Å². The molecule has 0 bridgehead atoms. The fourth-order valence-electron chi connectivity index (χ4n) is 9.47. The van der Waals surface area contributed by atoms with E-state index < -0.39 is 65.4 Å². The summed E-state index contributed by atoms with van der Waals surface area (Å²) < 4.78 is 17.3. The van der Waals surface area contributed by atoms with Gasteiger partial charge in [-0.05, 0) is 0 Å². The van der Waals surface area contributed by atoms with E-state index in [4.69, 9.17) is 4.74 Å². The van der Waals surface area contributed by atoms with Crippen LogP contribution in [0.4, 0.5) is 0 Å². The van der Waals surface area contributed by atoms with Gasteiger partial charge >= 0.3 is 262 Å². The monoisotopic (exact) mass is 697 g/mol. The van der Waals surface area contributed by atoms with E-state index in [-0.39, 0.29) is 30.0 Å². The van der Waals surface area contributed by atoms with Gasteiger partial charge in [-0.1, -0.05) is 0 Å². The number of fused-ring (bicyclic) bond motifs is 5. The Morgan fingerprint density at radius 3 is 2.36 bits per heavy atom. The Kier molecular flexibility index (Phi) is 8.89. The molecule has 9 unspecified atom stereocenters. The maximum atomic E-state index is 13.6. The van der Waals surface area contributed by atoms with Crippen molar-refractivity contribution in [2.24, 2.45) is 28.6 Å². The molecule has 3 saturated carbocycles. The molecule has 5 N–H and O–H groups in total. The van der Waals surface area contributed by atoms with Crippen molar-refractivity contribution in [1.82, 2.24) is 0 Å². The molecule has 4 aliphatic rings. The third-order valence-corrected chi connectivity index (χ3v) is 15.1. The van der Waals surface area contributed by atoms with Gasteiger partial charge in [0, 0.05) is 0 Å². The van der Waals surface area contributed by atoms with E-state index >= 15 is 0 Å². The van der Waals surface area contributed by atoms with E-state index in [9.17, 15) is 28.7 Å². The second-order valence-corrected chi connectivity index (χ2v) is 17.3. The number of rotatable bonds is 9. The van der Waals surface area contributed by atoms with Gasteiger partial charge in [0.05, 0.1) is 0 Å². The maximum absolute atomic E-state index is 13.6. The summed E-state index contributed by atoms with van der Waals surface area (Å²) in [5.41, 5.74) is -1.01. The molecule has 0 saturated heterocycles. The van der Waals surface area contributed by atoms with Crippen molar-refractivity contribution < 1.29 is 55.0 Å². The Morgan fingerprint density at radius 1 is 1.02 bits per heavy atom. The van der Waals surface area contributed by atoms with Gasteiger partial charge in [-0.15, -0.1) is 0 Å². The van der Waals surface area contributed by atoms with Crippen molar-refractivity contribution in [1.29, 1.82) is 0 Å². The van der Waals surface area contributed by atoms with Crippen LogP contribution in [-0.4, -0.2) is 62.6 Å². The Bertz CT molecular complexity index is 1180. The quantitative estimate of drug-likeness (QED) is 0.193. The molecule has 42 heavy (non-hydrogen) atoms. The fraction of sp³-hybridized carbons (Fsp3) is 0.735. The molecule has 10 atom stereocenters. The zero-order valence-corrected chi connectivity index (χ0v) is 27.9. The second kappa shape index (κ2) is 11.5. The number of aliphatic hydroxyl groups excluding tert-OH is 2. The van der Waals surface area contributed by atoms with Crippen molar-refractivity contribution in [3.8, 4) is 0 Å². The number of alkyl halides is 1. The van der Waals surface area contributed by atoms with E-state index in [2.05, 4.69) is 13.8 Å². The summed E-state index contributed by atoms with van der Waals surface area (Å²) in [7, 11) is 0. The second-order valence-electron chi connectivity index (χ2n) is 15.0. The van der Waals surface area contributed by atoms with Gasteiger partial charge in [-0.25, -0.2) is 0 Å². The number of aliphatic hydroxyl groups is 4. The molecule has 5 rings (SSSR count). The minimum absolute atomic E-state index is 0.000223. The van der Waals surface area contributed by atoms with Gasteiger partial charge in [0.2, 0.25) is 0 Å². The Balaban J connectivity index is 1.49. The van der Waals surface area contributed by atoms with Crippen LogP contribution >= 0.6 is 0 Å². The molecule has 0 aliphatic heterocycles. The van der Waals surface area contributed by atoms with Gasteiger partial charge in [-0.3, -0.25) is 0 Å². The summed E-state index contributed by atoms with van der Waals surface area (Å²) in [6.07, 6.45) is 4.12. The number of hydrogen-bond acceptors (Lipinski definition) is 7. The first kappa shape index (κ1) is 32.5. The van der Waals surface area contributed by atoms with Crippen LogP contribution in [0.25, 0.3) is 0 Å². The van der Waals surface area contributed by atoms with E-state index in [1.165, 1.54) is 0 Å². The predicted molar refractivity (Wildman–Crippen MR) is 156 cm³/mol. The van der Waals surface area contributed by atoms with Crippen molar-refractivity contribution in [3.05, 3.63) is 47.5 Å². The summed E-state index contributed by atoms with van der Waals surface area (Å²) in [6.45, 7) is 10.1. The molecule has 0 aromatic heterocycles. The number of ketones is 1. The van der Waals surface area contributed by atoms with Crippen LogP contribution < -0.4 is 21.6 Å². The SMILES string of the molecule is CC(C)(O)CCC(OCc1ccccc1)[C@](C)(O)C1CCC2([I-]O)C3=CC(=O)C4CC(O)C(O)CC4(C)C3CCC12C. The first-order valence-corrected chi connectivity index (χ1v) is 17.7. The zero-order chi connectivity index (χ0) is 30.7. The molecule has 4 aliphatic carbocycles. The molecule has 0 amide bonds. The first-order valence-electron chi connectivity index (χ1n) is 15.6. The van der Waals surface area contributed by atoms with Gasteiger partial charge < -0.3 is 0 Å². The van der Waals surface area contributed by atoms with Crippen molar-refractivity contribution in [2.75, 3.05) is 0 Å². The predicted octanol–water partition coefficient (Wildman–Crippen LogP) is 1.08. The van der Waals surface area contributed by atoms with E-state index in [0.717, 1.165) is 24.0 Å². The van der Waals surface area contributed by atoms with Crippen molar-refractivity contribution in [2.45, 2.75) is 126 Å². The molecule has 0 spiro atoms. The van der Waals surface area contributed by atoms with Crippen molar-refractivity contribution >= 4 is 5.78 Å². The summed E-state index contributed by atoms with van der Waals surface area (Å²) in [4.78, 5) is 13.6. The molecule has 1 aromatic carbocycles. The van der Waals surface area contributed by atoms with Gasteiger partial charge in [0.1, 0.15) is 0 Å². The molecule has 1 aromatic rings. The van der Waals surface area contributed by atoms with Crippen LogP contribution in [-0.2, 0) is 16.1 Å². The molecule has 8 heteroatoms. The number of halogens is 1. The molecule has 3 fully saturated rings. The zero-order valence-electron chi connectivity index (χ0n) is 25.7. The molecular weight excluding hydrogens is 647 g/mol. The third-order valence-electron chi connectivity index (χ3n) is 11.9. The Morgan fingerprint density at radius 2 is 1.71 bits per heavy atom. The summed E-state index contributed by atoms with van der Waals surface area (Å²) >= 11 is -1.35. The van der Waals surface area contributed by atoms with Crippen LogP contribution in [0.2, 0.25) is 0 Å². The Hall–Kier alpha value is -0.880. The fourth-order valence-corrected chi connectivity index (χ4v) is 12.0. The van der Waals surface area contributed by atoms with Crippen LogP contribution in [0.3, 0.4) is 0 Å². The molecular formula is C34H50IO7-. The third kappa shape index (κ3) is 5.35. The summed E-state index contributed by atoms with van der Waals surface area (Å²) in [6, 6.07) is 9.90. The summed E-state index contributed by atoms with van der Waals surface area (Å²) in [5.74, 6) is -0.465. The summed E-state index contributed by atoms with van der Waals surface area (Å²) in [5, 5.41) is 44.1. The molecule has 236 valence electrons. The van der Waals surface area contributed by atoms with Gasteiger partial charge in [0.25, 0.3) is 0 Å². The number of allylic oxidation sites excluding steroid dienone is 2. The van der Waals surface area contributed by atoms with Crippen LogP contribution in [0.15, 0.2) is 42.0 Å². The van der Waals surface area contributed by atoms with E-state index in [1.807, 2.05) is 37.3 Å². The molecule has 0 radical (unpaired) electrons. The average molecular weight is 698 g/mol. The Labute approximate surface area is 261 Å². The van der Waals surface area contributed by atoms with Crippen molar-refractivity contribution in [3.63, 3.8) is 0 Å². The molecule has 0 heterocycles. The topological polar surface area (TPSA) is 127 Å². The van der Waals surface area contributed by atoms with Gasteiger partial charge in [-0.2, -0.15) is 0 Å². The number of carbonyl (C=O) groups is 1. The molecule has 7 nitrogen and oxygen atoms in total. The standard InChI is InChI=1S/C34H50IO7/c1-30(2,39)14-13-29(42-20-21-9-7-6-8-10-21)33(5,40)28-12-16-34(35-41)23-17-25(36)24-18-26(37)27(38)19-31(24,3)22(23)11-15-32(28,34)4/h6-10,17,22,24,26-29,37-41H,11-16,18-20H2,1-5H3/q-1/t22?,24?,26?,27?,28?,29?,31?,32?,33-,34?/m1/s1. The van der Waals surface area contributed by atoms with E-state index in [1.54, 1.807) is 19.9 Å². The normalized spacial score (nSPS) is 40.5. The van der Waals surface area contributed by atoms with Crippen LogP contribution in [0, 0.1) is 28.6 Å². The number of ether oxygens (including phenoxy) is 1. The first-order chi connectivity index (χ1) is 19.6. The number of hydrogen-bond donors (Lipinski definition) is 5. The number of benzene rings is 1. The van der Waals surface area contributed by atoms with E-state index in [0.29, 0.717) is 38.7 Å². The van der Waals surface area contributed by atoms with Crippen LogP contribution in [0.1, 0.15) is 91.5 Å². The van der Waals surface area contributed by atoms with Crippen LogP contribution in [0.5, 0.6) is 0 Å².